The molecule has 1 aromatic carbocycles. The summed E-state index contributed by atoms with van der Waals surface area (Å²) >= 11 is 2.02. The molecule has 3 rings (SSSR count). The van der Waals surface area contributed by atoms with Crippen LogP contribution in [0.15, 0.2) is 18.2 Å². The summed E-state index contributed by atoms with van der Waals surface area (Å²) in [5, 5.41) is 3.06. The van der Waals surface area contributed by atoms with Gasteiger partial charge in [0, 0.05) is 6.07 Å². The van der Waals surface area contributed by atoms with Crippen molar-refractivity contribution in [1.82, 2.24) is 8.43 Å². The first kappa shape index (κ1) is 15.0. The highest BCUT2D eigenvalue weighted by Gasteiger charge is 2.47. The van der Waals surface area contributed by atoms with E-state index in [2.05, 4.69) is 5.32 Å². The number of benzene rings is 1. The Hall–Kier alpha value is -0.920. The van der Waals surface area contributed by atoms with Gasteiger partial charge in [0.1, 0.15) is 11.6 Å². The van der Waals surface area contributed by atoms with Gasteiger partial charge in [-0.1, -0.05) is 6.92 Å². The first-order valence-corrected chi connectivity index (χ1v) is 8.01. The fraction of sp³-hybridized carbons (Fsp3) is 0.533. The molecule has 3 nitrogen and oxygen atoms in total. The third-order valence-electron chi connectivity index (χ3n) is 4.90. The van der Waals surface area contributed by atoms with Crippen LogP contribution in [0.2, 0.25) is 0 Å². The third kappa shape index (κ3) is 2.74. The molecule has 21 heavy (non-hydrogen) atoms. The second kappa shape index (κ2) is 5.07. The quantitative estimate of drug-likeness (QED) is 0.557. The first-order valence-electron chi connectivity index (χ1n) is 7.04. The molecule has 0 bridgehead atoms. The molecule has 1 heterocycles. The molecule has 0 aromatic heterocycles. The Bertz CT molecular complexity index is 565. The van der Waals surface area contributed by atoms with Gasteiger partial charge in [-0.15, -0.1) is 0 Å². The average molecular weight is 406 g/mol. The van der Waals surface area contributed by atoms with E-state index in [0.29, 0.717) is 12.1 Å². The van der Waals surface area contributed by atoms with Crippen molar-refractivity contribution in [3.63, 3.8) is 0 Å². The summed E-state index contributed by atoms with van der Waals surface area (Å²) in [4.78, 5) is 11.7. The topological polar surface area (TPSA) is 32.3 Å². The van der Waals surface area contributed by atoms with E-state index in [4.69, 9.17) is 0 Å². The van der Waals surface area contributed by atoms with Crippen molar-refractivity contribution in [2.45, 2.75) is 43.6 Å². The number of rotatable bonds is 1. The number of nitrogens with zero attached hydrogens (tertiary/aromatic N) is 1. The van der Waals surface area contributed by atoms with Gasteiger partial charge < -0.3 is 5.32 Å². The molecule has 0 unspecified atom stereocenters. The van der Waals surface area contributed by atoms with Gasteiger partial charge >= 0.3 is 6.03 Å². The van der Waals surface area contributed by atoms with Crippen molar-refractivity contribution in [1.29, 1.82) is 0 Å². The maximum absolute atomic E-state index is 13.4. The van der Waals surface area contributed by atoms with E-state index >= 15 is 0 Å². The van der Waals surface area contributed by atoms with Crippen LogP contribution in [0.1, 0.15) is 38.2 Å². The van der Waals surface area contributed by atoms with Crippen LogP contribution in [0.4, 0.5) is 13.6 Å². The zero-order chi connectivity index (χ0) is 15.3. The van der Waals surface area contributed by atoms with Crippen LogP contribution in [0.5, 0.6) is 0 Å². The molecule has 1 saturated heterocycles. The minimum absolute atomic E-state index is 0.0454. The van der Waals surface area contributed by atoms with Gasteiger partial charge in [0.15, 0.2) is 0 Å². The Kier molecular flexibility index (Phi) is 3.62. The Morgan fingerprint density at radius 1 is 1.14 bits per heavy atom. The van der Waals surface area contributed by atoms with Gasteiger partial charge in [-0.2, -0.15) is 0 Å². The zero-order valence-electron chi connectivity index (χ0n) is 11.8. The number of nitrogens with one attached hydrogen (secondary N) is 1. The fourth-order valence-electron chi connectivity index (χ4n) is 3.42. The molecule has 1 aliphatic heterocycles. The summed E-state index contributed by atoms with van der Waals surface area (Å²) in [6.07, 6.45) is 3.26. The number of urea groups is 1. The van der Waals surface area contributed by atoms with Gasteiger partial charge in [-0.25, -0.2) is 13.6 Å². The number of hydrogen-bond acceptors (Lipinski definition) is 1. The Morgan fingerprint density at radius 3 is 2.19 bits per heavy atom. The molecule has 114 valence electrons. The summed E-state index contributed by atoms with van der Waals surface area (Å²) < 4.78 is 28.6. The predicted octanol–water partition coefficient (Wildman–Crippen LogP) is 3.91. The average Bonchev–Trinajstić information content (AvgIpc) is 2.68. The van der Waals surface area contributed by atoms with Crippen molar-refractivity contribution in [3.05, 3.63) is 35.4 Å². The Balaban J connectivity index is 1.79. The lowest BCUT2D eigenvalue weighted by atomic mass is 9.65. The second-order valence-corrected chi connectivity index (χ2v) is 7.61. The molecule has 6 heteroatoms. The highest BCUT2D eigenvalue weighted by Crippen LogP contribution is 2.45. The number of carbonyl (C=O) groups is 1. The normalized spacial score (nSPS) is 32.6. The van der Waals surface area contributed by atoms with E-state index in [-0.39, 0.29) is 17.0 Å². The van der Waals surface area contributed by atoms with Crippen molar-refractivity contribution in [3.8, 4) is 0 Å². The molecular weight excluding hydrogens is 389 g/mol. The summed E-state index contributed by atoms with van der Waals surface area (Å²) in [6, 6.07) is 3.72. The van der Waals surface area contributed by atoms with E-state index in [1.165, 1.54) is 12.1 Å². The van der Waals surface area contributed by atoms with E-state index in [9.17, 15) is 13.6 Å². The zero-order valence-corrected chi connectivity index (χ0v) is 13.9. The lowest BCUT2D eigenvalue weighted by molar-refractivity contribution is 0.197. The third-order valence-corrected chi connectivity index (χ3v) is 5.68. The summed E-state index contributed by atoms with van der Waals surface area (Å²) in [5.74, 6) is -1.06. The van der Waals surface area contributed by atoms with E-state index in [1.807, 2.05) is 29.8 Å². The van der Waals surface area contributed by atoms with Crippen molar-refractivity contribution >= 4 is 28.9 Å². The minimum atomic E-state index is -0.529. The molecular formula is C15H17F2IN2O. The summed E-state index contributed by atoms with van der Waals surface area (Å²) in [7, 11) is 0. The standard InChI is InChI=1S/C15H17F2IN2O/c1-14(10-6-11(16)8-12(17)7-10)2-4-15(5-3-14)9-20(18)13(21)19-15/h6-8H,2-5,9H2,1H3,(H,19,21). The molecule has 2 fully saturated rings. The minimum Gasteiger partial charge on any atom is -0.330 e. The van der Waals surface area contributed by atoms with E-state index in [0.717, 1.165) is 31.7 Å². The Labute approximate surface area is 136 Å². The number of halogens is 3. The summed E-state index contributed by atoms with van der Waals surface area (Å²) in [6.45, 7) is 2.74. The van der Waals surface area contributed by atoms with Gasteiger partial charge in [0.25, 0.3) is 0 Å². The van der Waals surface area contributed by atoms with Gasteiger partial charge in [0.2, 0.25) is 0 Å². The molecule has 0 atom stereocenters. The number of hydrogen-bond donors (Lipinski definition) is 1. The first-order chi connectivity index (χ1) is 9.82. The molecule has 0 radical (unpaired) electrons. The van der Waals surface area contributed by atoms with E-state index < -0.39 is 11.6 Å². The van der Waals surface area contributed by atoms with Crippen molar-refractivity contribution < 1.29 is 13.6 Å². The highest BCUT2D eigenvalue weighted by molar-refractivity contribution is 14.1. The van der Waals surface area contributed by atoms with Crippen LogP contribution in [0.3, 0.4) is 0 Å². The molecule has 1 spiro atoms. The van der Waals surface area contributed by atoms with Crippen LogP contribution >= 0.6 is 22.9 Å². The monoisotopic (exact) mass is 406 g/mol. The maximum atomic E-state index is 13.4. The highest BCUT2D eigenvalue weighted by atomic mass is 127. The van der Waals surface area contributed by atoms with Gasteiger partial charge in [-0.3, -0.25) is 3.11 Å². The molecule has 1 N–H and O–H groups in total. The van der Waals surface area contributed by atoms with Gasteiger partial charge in [-0.05, 0) is 48.8 Å². The predicted molar refractivity (Wildman–Crippen MR) is 84.2 cm³/mol. The Morgan fingerprint density at radius 2 is 1.71 bits per heavy atom. The number of carbonyl (C=O) groups excluding carboxylic acids is 1. The van der Waals surface area contributed by atoms with Crippen molar-refractivity contribution in [2.75, 3.05) is 6.54 Å². The van der Waals surface area contributed by atoms with Crippen LogP contribution in [-0.4, -0.2) is 21.2 Å². The van der Waals surface area contributed by atoms with Crippen LogP contribution in [0, 0.1) is 11.6 Å². The van der Waals surface area contributed by atoms with E-state index in [1.54, 1.807) is 3.11 Å². The largest absolute Gasteiger partial charge is 0.330 e. The smallest absolute Gasteiger partial charge is 0.326 e. The fourth-order valence-corrected chi connectivity index (χ4v) is 4.19. The van der Waals surface area contributed by atoms with Crippen LogP contribution < -0.4 is 5.32 Å². The molecule has 2 aliphatic rings. The lowest BCUT2D eigenvalue weighted by Crippen LogP contribution is -2.49. The maximum Gasteiger partial charge on any atom is 0.326 e. The van der Waals surface area contributed by atoms with Crippen LogP contribution in [-0.2, 0) is 5.41 Å². The molecule has 1 aliphatic carbocycles. The molecule has 1 saturated carbocycles. The van der Waals surface area contributed by atoms with Crippen LogP contribution in [0.25, 0.3) is 0 Å². The SMILES string of the molecule is CC1(c2cc(F)cc(F)c2)CCC2(CC1)CN(I)C(=O)N2. The summed E-state index contributed by atoms with van der Waals surface area (Å²) in [5.41, 5.74) is 0.298. The van der Waals surface area contributed by atoms with Gasteiger partial charge in [0.05, 0.1) is 34.9 Å². The second-order valence-electron chi connectivity index (χ2n) is 6.45. The lowest BCUT2D eigenvalue weighted by Gasteiger charge is -2.42. The molecule has 2 amide bonds. The molecule has 1 aromatic rings. The number of amides is 2. The van der Waals surface area contributed by atoms with Crippen molar-refractivity contribution in [2.24, 2.45) is 0 Å².